The highest BCUT2D eigenvalue weighted by Gasteiger charge is 1.90. The van der Waals surface area contributed by atoms with Crippen molar-refractivity contribution in [2.75, 3.05) is 0 Å². The normalized spacial score (nSPS) is 10.3. The van der Waals surface area contributed by atoms with Crippen LogP contribution in [0.1, 0.15) is 5.56 Å². The molecular formula is C9H8IN. The molecule has 0 saturated heterocycles. The van der Waals surface area contributed by atoms with Gasteiger partial charge in [-0.2, -0.15) is 0 Å². The first-order valence-electron chi connectivity index (χ1n) is 3.26. The second-order valence-corrected chi connectivity index (χ2v) is 3.21. The molecule has 11 heavy (non-hydrogen) atoms. The van der Waals surface area contributed by atoms with E-state index in [4.69, 9.17) is 5.41 Å². The standard InChI is InChI=1S/C9H8IN/c10-9-6-2-1-4-8(9)5-3-7-11/h1-7,11H/b5-3-,11-7?. The molecule has 2 heteroatoms. The van der Waals surface area contributed by atoms with E-state index < -0.39 is 0 Å². The summed E-state index contributed by atoms with van der Waals surface area (Å²) in [5, 5.41) is 6.81. The number of rotatable bonds is 2. The first-order valence-corrected chi connectivity index (χ1v) is 4.34. The summed E-state index contributed by atoms with van der Waals surface area (Å²) in [6.07, 6.45) is 4.93. The second kappa shape index (κ2) is 4.28. The Bertz CT molecular complexity index is 279. The molecule has 1 rings (SSSR count). The summed E-state index contributed by atoms with van der Waals surface area (Å²) in [5.74, 6) is 0. The van der Waals surface area contributed by atoms with Gasteiger partial charge in [0.15, 0.2) is 0 Å². The van der Waals surface area contributed by atoms with Gasteiger partial charge < -0.3 is 5.41 Å². The van der Waals surface area contributed by atoms with Gasteiger partial charge in [-0.25, -0.2) is 0 Å². The van der Waals surface area contributed by atoms with Gasteiger partial charge in [0.2, 0.25) is 0 Å². The minimum absolute atomic E-state index is 1.16. The Morgan fingerprint density at radius 3 is 2.64 bits per heavy atom. The Morgan fingerprint density at radius 2 is 2.00 bits per heavy atom. The SMILES string of the molecule is N=C/C=C\c1ccccc1I. The van der Waals surface area contributed by atoms with Crippen molar-refractivity contribution in [3.05, 3.63) is 39.5 Å². The van der Waals surface area contributed by atoms with E-state index in [1.807, 2.05) is 30.3 Å². The Labute approximate surface area is 79.8 Å². The molecule has 0 aromatic heterocycles. The lowest BCUT2D eigenvalue weighted by molar-refractivity contribution is 1.57. The van der Waals surface area contributed by atoms with Crippen LogP contribution < -0.4 is 0 Å². The molecule has 0 atom stereocenters. The van der Waals surface area contributed by atoms with Crippen LogP contribution in [0.4, 0.5) is 0 Å². The fourth-order valence-corrected chi connectivity index (χ4v) is 1.33. The number of hydrogen-bond acceptors (Lipinski definition) is 1. The van der Waals surface area contributed by atoms with Crippen molar-refractivity contribution in [3.8, 4) is 0 Å². The van der Waals surface area contributed by atoms with E-state index >= 15 is 0 Å². The quantitative estimate of drug-likeness (QED) is 0.622. The molecule has 0 bridgehead atoms. The highest BCUT2D eigenvalue weighted by Crippen LogP contribution is 2.12. The Morgan fingerprint density at radius 1 is 1.27 bits per heavy atom. The topological polar surface area (TPSA) is 23.9 Å². The van der Waals surface area contributed by atoms with Crippen LogP contribution in [0.15, 0.2) is 30.3 Å². The minimum atomic E-state index is 1.16. The van der Waals surface area contributed by atoms with Crippen molar-refractivity contribution in [2.24, 2.45) is 0 Å². The van der Waals surface area contributed by atoms with E-state index in [9.17, 15) is 0 Å². The molecule has 0 radical (unpaired) electrons. The Balaban J connectivity index is 2.94. The summed E-state index contributed by atoms with van der Waals surface area (Å²) in [6, 6.07) is 8.07. The number of hydrogen-bond donors (Lipinski definition) is 1. The zero-order chi connectivity index (χ0) is 8.10. The van der Waals surface area contributed by atoms with Gasteiger partial charge in [-0.15, -0.1) is 0 Å². The summed E-state index contributed by atoms with van der Waals surface area (Å²) in [5.41, 5.74) is 1.16. The average Bonchev–Trinajstić information content (AvgIpc) is 2.03. The molecule has 0 saturated carbocycles. The summed E-state index contributed by atoms with van der Waals surface area (Å²) in [7, 11) is 0. The van der Waals surface area contributed by atoms with Gasteiger partial charge in [-0.1, -0.05) is 24.3 Å². The summed E-state index contributed by atoms with van der Waals surface area (Å²) >= 11 is 2.27. The van der Waals surface area contributed by atoms with Crippen LogP contribution in [0.25, 0.3) is 6.08 Å². The van der Waals surface area contributed by atoms with E-state index in [1.165, 1.54) is 9.78 Å². The summed E-state index contributed by atoms with van der Waals surface area (Å²) in [4.78, 5) is 0. The lowest BCUT2D eigenvalue weighted by Crippen LogP contribution is -1.76. The van der Waals surface area contributed by atoms with Crippen molar-refractivity contribution >= 4 is 34.9 Å². The molecule has 1 N–H and O–H groups in total. The monoisotopic (exact) mass is 257 g/mol. The molecular weight excluding hydrogens is 249 g/mol. The molecule has 0 aliphatic rings. The molecule has 0 amide bonds. The van der Waals surface area contributed by atoms with Crippen LogP contribution in [0, 0.1) is 8.98 Å². The first kappa shape index (κ1) is 8.46. The third-order valence-corrected chi connectivity index (χ3v) is 2.26. The average molecular weight is 257 g/mol. The maximum atomic E-state index is 6.81. The first-order chi connectivity index (χ1) is 5.34. The van der Waals surface area contributed by atoms with Crippen molar-refractivity contribution in [1.29, 1.82) is 5.41 Å². The largest absolute Gasteiger partial charge is 0.309 e. The lowest BCUT2D eigenvalue weighted by Gasteiger charge is -1.94. The minimum Gasteiger partial charge on any atom is -0.309 e. The van der Waals surface area contributed by atoms with E-state index in [0.29, 0.717) is 0 Å². The number of allylic oxidation sites excluding steroid dienone is 1. The molecule has 0 aliphatic heterocycles. The maximum Gasteiger partial charge on any atom is 0.0202 e. The van der Waals surface area contributed by atoms with Crippen LogP contribution in [-0.2, 0) is 0 Å². The zero-order valence-electron chi connectivity index (χ0n) is 5.92. The van der Waals surface area contributed by atoms with Gasteiger partial charge >= 0.3 is 0 Å². The Hall–Kier alpha value is -0.640. The van der Waals surface area contributed by atoms with Gasteiger partial charge in [0, 0.05) is 9.78 Å². The van der Waals surface area contributed by atoms with Crippen LogP contribution in [0.3, 0.4) is 0 Å². The van der Waals surface area contributed by atoms with Crippen LogP contribution >= 0.6 is 22.6 Å². The van der Waals surface area contributed by atoms with E-state index in [2.05, 4.69) is 22.6 Å². The molecule has 0 unspecified atom stereocenters. The summed E-state index contributed by atoms with van der Waals surface area (Å²) < 4.78 is 1.21. The van der Waals surface area contributed by atoms with Gasteiger partial charge in [-0.05, 0) is 40.3 Å². The van der Waals surface area contributed by atoms with E-state index in [0.717, 1.165) is 5.56 Å². The van der Waals surface area contributed by atoms with Gasteiger partial charge in [0.05, 0.1) is 0 Å². The van der Waals surface area contributed by atoms with Crippen LogP contribution in [-0.4, -0.2) is 6.21 Å². The molecule has 1 nitrogen and oxygen atoms in total. The van der Waals surface area contributed by atoms with E-state index in [-0.39, 0.29) is 0 Å². The molecule has 0 aliphatic carbocycles. The number of nitrogens with one attached hydrogen (secondary N) is 1. The fraction of sp³-hybridized carbons (Fsp3) is 0. The molecule has 1 aromatic carbocycles. The second-order valence-electron chi connectivity index (χ2n) is 2.05. The predicted molar refractivity (Wildman–Crippen MR) is 57.0 cm³/mol. The molecule has 0 heterocycles. The van der Waals surface area contributed by atoms with Gasteiger partial charge in [0.25, 0.3) is 0 Å². The molecule has 1 aromatic rings. The molecule has 0 spiro atoms. The highest BCUT2D eigenvalue weighted by molar-refractivity contribution is 14.1. The number of benzene rings is 1. The molecule has 56 valence electrons. The maximum absolute atomic E-state index is 6.81. The van der Waals surface area contributed by atoms with Crippen molar-refractivity contribution < 1.29 is 0 Å². The zero-order valence-corrected chi connectivity index (χ0v) is 8.08. The van der Waals surface area contributed by atoms with Crippen LogP contribution in [0.5, 0.6) is 0 Å². The summed E-state index contributed by atoms with van der Waals surface area (Å²) in [6.45, 7) is 0. The van der Waals surface area contributed by atoms with Gasteiger partial charge in [0.1, 0.15) is 0 Å². The smallest absolute Gasteiger partial charge is 0.0202 e. The fourth-order valence-electron chi connectivity index (χ4n) is 0.762. The number of halogens is 1. The van der Waals surface area contributed by atoms with E-state index in [1.54, 1.807) is 6.08 Å². The third kappa shape index (κ3) is 2.46. The highest BCUT2D eigenvalue weighted by atomic mass is 127. The molecule has 0 fully saturated rings. The predicted octanol–water partition coefficient (Wildman–Crippen LogP) is 2.95. The van der Waals surface area contributed by atoms with Crippen molar-refractivity contribution in [3.63, 3.8) is 0 Å². The Kier molecular flexibility index (Phi) is 3.29. The van der Waals surface area contributed by atoms with Crippen molar-refractivity contribution in [2.45, 2.75) is 0 Å². The van der Waals surface area contributed by atoms with Crippen LogP contribution in [0.2, 0.25) is 0 Å². The van der Waals surface area contributed by atoms with Gasteiger partial charge in [-0.3, -0.25) is 0 Å². The third-order valence-electron chi connectivity index (χ3n) is 1.28. The lowest BCUT2D eigenvalue weighted by atomic mass is 10.2. The van der Waals surface area contributed by atoms with Crippen molar-refractivity contribution in [1.82, 2.24) is 0 Å².